The highest BCUT2D eigenvalue weighted by Crippen LogP contribution is 2.35. The van der Waals surface area contributed by atoms with Crippen LogP contribution >= 0.6 is 0 Å². The lowest BCUT2D eigenvalue weighted by Gasteiger charge is -2.13. The molecule has 0 aliphatic carbocycles. The van der Waals surface area contributed by atoms with Crippen molar-refractivity contribution < 1.29 is 45.7 Å². The van der Waals surface area contributed by atoms with Gasteiger partial charge in [-0.1, -0.05) is 6.07 Å². The van der Waals surface area contributed by atoms with E-state index in [9.17, 15) is 21.6 Å². The molecule has 2 aromatic carbocycles. The van der Waals surface area contributed by atoms with E-state index in [0.29, 0.717) is 22.8 Å². The number of benzene rings is 2. The van der Waals surface area contributed by atoms with E-state index >= 15 is 0 Å². The van der Waals surface area contributed by atoms with Gasteiger partial charge in [-0.25, -0.2) is 16.8 Å². The lowest BCUT2D eigenvalue weighted by atomic mass is 10.1. The number of ether oxygens (including phenoxy) is 4. The third kappa shape index (κ3) is 7.28. The van der Waals surface area contributed by atoms with Crippen molar-refractivity contribution in [2.45, 2.75) is 5.75 Å². The molecule has 0 radical (unpaired) electrons. The first-order valence-electron chi connectivity index (χ1n) is 9.53. The largest absolute Gasteiger partial charge is 0.496 e. The molecule has 2 aromatic rings. The maximum absolute atomic E-state index is 12.8. The third-order valence-electron chi connectivity index (χ3n) is 4.41. The van der Waals surface area contributed by atoms with Crippen LogP contribution in [0.1, 0.15) is 11.1 Å². The Bertz CT molecular complexity index is 1260. The molecule has 2 N–H and O–H groups in total. The van der Waals surface area contributed by atoms with Gasteiger partial charge in [-0.15, -0.1) is 0 Å². The number of methoxy groups -OCH3 is 4. The van der Waals surface area contributed by atoms with Gasteiger partial charge in [0, 0.05) is 17.5 Å². The lowest BCUT2D eigenvalue weighted by Crippen LogP contribution is -2.22. The van der Waals surface area contributed by atoms with Gasteiger partial charge >= 0.3 is 5.97 Å². The number of sulfone groups is 1. The van der Waals surface area contributed by atoms with Crippen molar-refractivity contribution in [2.75, 3.05) is 38.9 Å². The molecular weight excluding hydrogens is 490 g/mol. The summed E-state index contributed by atoms with van der Waals surface area (Å²) >= 11 is 0. The second-order valence-corrected chi connectivity index (χ2v) is 10.5. The molecule has 13 heteroatoms. The number of carbonyl (C=O) groups is 1. The first-order valence-corrected chi connectivity index (χ1v) is 12.9. The molecule has 0 unspecified atom stereocenters. The molecule has 0 aliphatic rings. The van der Waals surface area contributed by atoms with Gasteiger partial charge in [0.15, 0.2) is 15.6 Å². The summed E-state index contributed by atoms with van der Waals surface area (Å²) in [5.74, 6) is -1.94. The van der Waals surface area contributed by atoms with Crippen LogP contribution in [0.4, 0.5) is 5.69 Å². The van der Waals surface area contributed by atoms with E-state index in [2.05, 4.69) is 4.72 Å². The van der Waals surface area contributed by atoms with E-state index in [4.69, 9.17) is 24.1 Å². The van der Waals surface area contributed by atoms with Gasteiger partial charge in [-0.2, -0.15) is 0 Å². The Morgan fingerprint density at radius 2 is 1.50 bits per heavy atom. The summed E-state index contributed by atoms with van der Waals surface area (Å²) in [5, 5.41) is 9.74. The molecule has 0 saturated heterocycles. The van der Waals surface area contributed by atoms with Crippen LogP contribution in [0.3, 0.4) is 0 Å². The fourth-order valence-electron chi connectivity index (χ4n) is 2.94. The number of sulfonamides is 1. The Morgan fingerprint density at radius 1 is 0.912 bits per heavy atom. The highest BCUT2D eigenvalue weighted by atomic mass is 32.2. The minimum atomic E-state index is -4.23. The van der Waals surface area contributed by atoms with Crippen molar-refractivity contribution in [1.82, 2.24) is 0 Å². The number of hydrogen-bond donors (Lipinski definition) is 2. The molecule has 0 aromatic heterocycles. The molecule has 0 bridgehead atoms. The Morgan fingerprint density at radius 3 is 2.00 bits per heavy atom. The minimum Gasteiger partial charge on any atom is -0.496 e. The number of hydrogen-bond acceptors (Lipinski definition) is 9. The molecule has 0 aliphatic heterocycles. The molecule has 0 spiro atoms. The number of nitrogens with one attached hydrogen (secondary N) is 1. The molecule has 0 saturated carbocycles. The number of anilines is 1. The van der Waals surface area contributed by atoms with Crippen molar-refractivity contribution >= 4 is 37.6 Å². The fourth-order valence-corrected chi connectivity index (χ4v) is 4.92. The van der Waals surface area contributed by atoms with Crippen LogP contribution < -0.4 is 23.7 Å². The molecule has 0 fully saturated rings. The average Bonchev–Trinajstić information content (AvgIpc) is 2.75. The van der Waals surface area contributed by atoms with Crippen molar-refractivity contribution in [3.63, 3.8) is 0 Å². The van der Waals surface area contributed by atoms with Crippen LogP contribution in [-0.4, -0.2) is 62.1 Å². The maximum atomic E-state index is 12.8. The smallest absolute Gasteiger partial charge is 0.320 e. The summed E-state index contributed by atoms with van der Waals surface area (Å²) in [4.78, 5) is 10.8. The topological polar surface area (TPSA) is 155 Å². The SMILES string of the molecule is COc1cc(OC)c(C=CS(=O)(=O)Cc2ccc(OC)c(NS(=O)(=O)CC(=O)O)c2)c(OC)c1. The van der Waals surface area contributed by atoms with Gasteiger partial charge in [-0.05, 0) is 23.8 Å². The van der Waals surface area contributed by atoms with E-state index in [1.165, 1.54) is 52.7 Å². The summed E-state index contributed by atoms with van der Waals surface area (Å²) in [7, 11) is -2.45. The van der Waals surface area contributed by atoms with E-state index < -0.39 is 37.3 Å². The average molecular weight is 516 g/mol. The van der Waals surface area contributed by atoms with Crippen LogP contribution in [0, 0.1) is 0 Å². The number of carboxylic acid groups (broad SMARTS) is 1. The molecule has 0 amide bonds. The van der Waals surface area contributed by atoms with Crippen LogP contribution in [0.5, 0.6) is 23.0 Å². The quantitative estimate of drug-likeness (QED) is 0.429. The zero-order valence-electron chi connectivity index (χ0n) is 18.9. The number of carboxylic acids is 1. The molecule has 11 nitrogen and oxygen atoms in total. The van der Waals surface area contributed by atoms with Gasteiger partial charge < -0.3 is 24.1 Å². The highest BCUT2D eigenvalue weighted by Gasteiger charge is 2.19. The van der Waals surface area contributed by atoms with E-state index in [1.54, 1.807) is 12.1 Å². The van der Waals surface area contributed by atoms with Crippen LogP contribution in [0.15, 0.2) is 35.7 Å². The first kappa shape index (κ1) is 26.8. The summed E-state index contributed by atoms with van der Waals surface area (Å²) in [5.41, 5.74) is 0.539. The summed E-state index contributed by atoms with van der Waals surface area (Å²) < 4.78 is 72.4. The third-order valence-corrected chi connectivity index (χ3v) is 6.85. The van der Waals surface area contributed by atoms with Crippen LogP contribution in [0.2, 0.25) is 0 Å². The second kappa shape index (κ2) is 11.1. The summed E-state index contributed by atoms with van der Waals surface area (Å²) in [6, 6.07) is 7.25. The van der Waals surface area contributed by atoms with Gasteiger partial charge in [0.25, 0.3) is 0 Å². The van der Waals surface area contributed by atoms with Gasteiger partial charge in [0.05, 0.1) is 45.4 Å². The Balaban J connectivity index is 2.35. The predicted octanol–water partition coefficient (Wildman–Crippen LogP) is 2.13. The Labute approximate surface area is 197 Å². The molecule has 186 valence electrons. The zero-order chi connectivity index (χ0) is 25.5. The zero-order valence-corrected chi connectivity index (χ0v) is 20.5. The summed E-state index contributed by atoms with van der Waals surface area (Å²) in [6.45, 7) is 0. The molecule has 0 atom stereocenters. The monoisotopic (exact) mass is 515 g/mol. The second-order valence-electron chi connectivity index (χ2n) is 6.85. The molecule has 34 heavy (non-hydrogen) atoms. The normalized spacial score (nSPS) is 11.8. The number of rotatable bonds is 12. The van der Waals surface area contributed by atoms with Crippen molar-refractivity contribution in [2.24, 2.45) is 0 Å². The van der Waals surface area contributed by atoms with Crippen LogP contribution in [0.25, 0.3) is 6.08 Å². The van der Waals surface area contributed by atoms with Gasteiger partial charge in [-0.3, -0.25) is 9.52 Å². The molecule has 2 rings (SSSR count). The summed E-state index contributed by atoms with van der Waals surface area (Å²) in [6.07, 6.45) is 1.33. The predicted molar refractivity (Wildman–Crippen MR) is 126 cm³/mol. The Hall–Kier alpha value is -3.45. The van der Waals surface area contributed by atoms with Crippen molar-refractivity contribution in [3.8, 4) is 23.0 Å². The lowest BCUT2D eigenvalue weighted by molar-refractivity contribution is -0.134. The fraction of sp³-hybridized carbons (Fsp3) is 0.286. The van der Waals surface area contributed by atoms with E-state index in [-0.39, 0.29) is 17.0 Å². The minimum absolute atomic E-state index is 0.0843. The highest BCUT2D eigenvalue weighted by molar-refractivity contribution is 7.93. The maximum Gasteiger partial charge on any atom is 0.320 e. The van der Waals surface area contributed by atoms with Crippen molar-refractivity contribution in [1.29, 1.82) is 0 Å². The van der Waals surface area contributed by atoms with Gasteiger partial charge in [0.1, 0.15) is 23.0 Å². The standard InChI is InChI=1S/C21H25NO10S2/c1-29-15-10-19(31-3)16(20(11-15)32-4)7-8-33(25,26)12-14-5-6-18(30-2)17(9-14)22-34(27,28)13-21(23)24/h5-11,22H,12-13H2,1-4H3,(H,23,24). The molecular formula is C21H25NO10S2. The van der Waals surface area contributed by atoms with E-state index in [1.807, 2.05) is 0 Å². The number of aliphatic carboxylic acids is 1. The molecule has 0 heterocycles. The van der Waals surface area contributed by atoms with Crippen molar-refractivity contribution in [3.05, 3.63) is 46.9 Å². The Kier molecular flexibility index (Phi) is 8.76. The first-order chi connectivity index (χ1) is 15.9. The van der Waals surface area contributed by atoms with E-state index in [0.717, 1.165) is 5.41 Å². The van der Waals surface area contributed by atoms with Crippen LogP contribution in [-0.2, 0) is 30.4 Å². The van der Waals surface area contributed by atoms with Gasteiger partial charge in [0.2, 0.25) is 10.0 Å².